The molecule has 1 aliphatic rings. The van der Waals surface area contributed by atoms with Crippen molar-refractivity contribution in [1.82, 2.24) is 9.88 Å². The number of H-pyrrole nitrogens is 1. The van der Waals surface area contributed by atoms with Crippen molar-refractivity contribution in [2.45, 2.75) is 63.9 Å². The summed E-state index contributed by atoms with van der Waals surface area (Å²) in [6.45, 7) is 6.86. The quantitative estimate of drug-likeness (QED) is 0.604. The van der Waals surface area contributed by atoms with Crippen molar-refractivity contribution < 1.29 is 24.8 Å². The zero-order valence-electron chi connectivity index (χ0n) is 16.3. The van der Waals surface area contributed by atoms with Gasteiger partial charge in [0.25, 0.3) is 0 Å². The number of aliphatic hydroxyl groups is 3. The molecule has 0 spiro atoms. The van der Waals surface area contributed by atoms with Gasteiger partial charge in [-0.1, -0.05) is 6.07 Å². The Morgan fingerprint density at radius 2 is 1.93 bits per heavy atom. The smallest absolute Gasteiger partial charge is 0.229 e. The van der Waals surface area contributed by atoms with Crippen molar-refractivity contribution in [1.29, 1.82) is 0 Å². The number of rotatable bonds is 6. The van der Waals surface area contributed by atoms with Crippen LogP contribution in [0.1, 0.15) is 26.3 Å². The Morgan fingerprint density at radius 1 is 1.19 bits per heavy atom. The van der Waals surface area contributed by atoms with E-state index in [9.17, 15) is 15.3 Å². The molecule has 27 heavy (non-hydrogen) atoms. The van der Waals surface area contributed by atoms with Crippen LogP contribution in [-0.4, -0.2) is 75.5 Å². The summed E-state index contributed by atoms with van der Waals surface area (Å²) < 4.78 is 11.5. The third-order valence-corrected chi connectivity index (χ3v) is 5.42. The summed E-state index contributed by atoms with van der Waals surface area (Å²) in [4.78, 5) is 5.54. The van der Waals surface area contributed by atoms with Crippen molar-refractivity contribution in [3.63, 3.8) is 0 Å². The molecule has 0 radical (unpaired) electrons. The highest BCUT2D eigenvalue weighted by Gasteiger charge is 2.43. The van der Waals surface area contributed by atoms with Gasteiger partial charge < -0.3 is 34.7 Å². The maximum Gasteiger partial charge on any atom is 0.229 e. The first kappa shape index (κ1) is 20.1. The van der Waals surface area contributed by atoms with Crippen LogP contribution in [0.5, 0.6) is 5.75 Å². The summed E-state index contributed by atoms with van der Waals surface area (Å²) in [5, 5.41) is 31.1. The number of fused-ring (bicyclic) bond motifs is 1. The van der Waals surface area contributed by atoms with Crippen LogP contribution in [0, 0.1) is 0 Å². The molecule has 1 aromatic carbocycles. The van der Waals surface area contributed by atoms with Gasteiger partial charge in [-0.2, -0.15) is 0 Å². The zero-order valence-corrected chi connectivity index (χ0v) is 16.3. The molecule has 2 heterocycles. The number of aliphatic hydroxyl groups excluding tert-OH is 3. The van der Waals surface area contributed by atoms with Crippen LogP contribution < -0.4 is 4.74 Å². The lowest BCUT2D eigenvalue weighted by Crippen LogP contribution is -2.58. The fourth-order valence-electron chi connectivity index (χ4n) is 3.31. The molecule has 0 bridgehead atoms. The van der Waals surface area contributed by atoms with Crippen molar-refractivity contribution in [3.8, 4) is 5.75 Å². The second kappa shape index (κ2) is 8.16. The molecule has 150 valence electrons. The standard InChI is InChI=1S/C20H30N2O5/c1-11(2)22(4)9-8-13-10-21-14-6-5-7-15(16(13)14)27-20-19(25)18(24)17(23)12(3)26-20/h5-7,10-12,17-21,23-25H,8-9H2,1-4H3. The molecule has 2 aromatic rings. The first-order valence-electron chi connectivity index (χ1n) is 9.45. The Bertz CT molecular complexity index is 762. The average molecular weight is 378 g/mol. The molecule has 4 N–H and O–H groups in total. The molecule has 1 aliphatic heterocycles. The van der Waals surface area contributed by atoms with Crippen LogP contribution in [0.3, 0.4) is 0 Å². The number of aromatic amines is 1. The predicted octanol–water partition coefficient (Wildman–Crippen LogP) is 1.26. The molecule has 3 rings (SSSR count). The third-order valence-electron chi connectivity index (χ3n) is 5.42. The molecule has 1 aromatic heterocycles. The summed E-state index contributed by atoms with van der Waals surface area (Å²) in [5.74, 6) is 0.579. The lowest BCUT2D eigenvalue weighted by Gasteiger charge is -2.39. The minimum atomic E-state index is -1.33. The van der Waals surface area contributed by atoms with Gasteiger partial charge in [0.2, 0.25) is 6.29 Å². The van der Waals surface area contributed by atoms with E-state index in [1.54, 1.807) is 6.92 Å². The van der Waals surface area contributed by atoms with E-state index in [1.807, 2.05) is 24.4 Å². The molecular formula is C20H30N2O5. The van der Waals surface area contributed by atoms with Crippen molar-refractivity contribution >= 4 is 10.9 Å². The van der Waals surface area contributed by atoms with Crippen molar-refractivity contribution in [2.24, 2.45) is 0 Å². The summed E-state index contributed by atoms with van der Waals surface area (Å²) >= 11 is 0. The SMILES string of the molecule is CC1OC(Oc2cccc3[nH]cc(CCN(C)C(C)C)c23)C(O)C(O)C1O. The summed E-state index contributed by atoms with van der Waals surface area (Å²) in [6.07, 6.45) is -2.66. The Labute approximate surface area is 159 Å². The van der Waals surface area contributed by atoms with E-state index in [4.69, 9.17) is 9.47 Å². The molecule has 7 nitrogen and oxygen atoms in total. The predicted molar refractivity (Wildman–Crippen MR) is 103 cm³/mol. The number of likely N-dealkylation sites (N-methyl/N-ethyl adjacent to an activating group) is 1. The minimum Gasteiger partial charge on any atom is -0.461 e. The highest BCUT2D eigenvalue weighted by atomic mass is 16.7. The number of nitrogens with zero attached hydrogens (tertiary/aromatic N) is 1. The highest BCUT2D eigenvalue weighted by Crippen LogP contribution is 2.32. The van der Waals surface area contributed by atoms with Gasteiger partial charge in [-0.05, 0) is 51.9 Å². The van der Waals surface area contributed by atoms with Gasteiger partial charge >= 0.3 is 0 Å². The topological polar surface area (TPSA) is 98.2 Å². The number of ether oxygens (including phenoxy) is 2. The number of benzene rings is 1. The largest absolute Gasteiger partial charge is 0.461 e. The second-order valence-corrected chi connectivity index (χ2v) is 7.62. The minimum absolute atomic E-state index is 0.464. The maximum atomic E-state index is 10.2. The molecule has 7 heteroatoms. The molecule has 0 aliphatic carbocycles. The van der Waals surface area contributed by atoms with Crippen LogP contribution in [0.4, 0.5) is 0 Å². The molecule has 5 atom stereocenters. The number of hydrogen-bond acceptors (Lipinski definition) is 6. The number of nitrogens with one attached hydrogen (secondary N) is 1. The molecule has 5 unspecified atom stereocenters. The van der Waals surface area contributed by atoms with E-state index in [2.05, 4.69) is 30.8 Å². The van der Waals surface area contributed by atoms with Crippen LogP contribution in [0.15, 0.2) is 24.4 Å². The fraction of sp³-hybridized carbons (Fsp3) is 0.600. The zero-order chi connectivity index (χ0) is 19.7. The Balaban J connectivity index is 1.83. The van der Waals surface area contributed by atoms with Gasteiger partial charge in [0.15, 0.2) is 0 Å². The third kappa shape index (κ3) is 4.12. The van der Waals surface area contributed by atoms with Crippen molar-refractivity contribution in [3.05, 3.63) is 30.0 Å². The van der Waals surface area contributed by atoms with Crippen LogP contribution >= 0.6 is 0 Å². The lowest BCUT2D eigenvalue weighted by molar-refractivity contribution is -0.267. The fourth-order valence-corrected chi connectivity index (χ4v) is 3.31. The van der Waals surface area contributed by atoms with E-state index in [0.717, 1.165) is 29.4 Å². The van der Waals surface area contributed by atoms with E-state index in [1.165, 1.54) is 0 Å². The second-order valence-electron chi connectivity index (χ2n) is 7.62. The van der Waals surface area contributed by atoms with Gasteiger partial charge in [-0.15, -0.1) is 0 Å². The van der Waals surface area contributed by atoms with Crippen molar-refractivity contribution in [2.75, 3.05) is 13.6 Å². The van der Waals surface area contributed by atoms with E-state index in [0.29, 0.717) is 11.8 Å². The Kier molecular flexibility index (Phi) is 6.08. The lowest BCUT2D eigenvalue weighted by atomic mass is 10.00. The van der Waals surface area contributed by atoms with Crippen LogP contribution in [0.2, 0.25) is 0 Å². The highest BCUT2D eigenvalue weighted by molar-refractivity contribution is 5.89. The van der Waals surface area contributed by atoms with E-state index in [-0.39, 0.29) is 0 Å². The number of hydrogen-bond donors (Lipinski definition) is 4. The molecule has 0 amide bonds. The van der Waals surface area contributed by atoms with E-state index < -0.39 is 30.7 Å². The summed E-state index contributed by atoms with van der Waals surface area (Å²) in [6, 6.07) is 6.12. The molecule has 0 saturated carbocycles. The monoisotopic (exact) mass is 378 g/mol. The summed E-state index contributed by atoms with van der Waals surface area (Å²) in [7, 11) is 2.09. The molecule has 1 saturated heterocycles. The first-order chi connectivity index (χ1) is 12.8. The van der Waals surface area contributed by atoms with Gasteiger partial charge in [-0.3, -0.25) is 0 Å². The summed E-state index contributed by atoms with van der Waals surface area (Å²) in [5.41, 5.74) is 2.06. The van der Waals surface area contributed by atoms with Crippen LogP contribution in [-0.2, 0) is 11.2 Å². The molecule has 1 fully saturated rings. The maximum absolute atomic E-state index is 10.2. The Hall–Kier alpha value is -1.64. The Morgan fingerprint density at radius 3 is 2.63 bits per heavy atom. The van der Waals surface area contributed by atoms with Gasteiger partial charge in [0, 0.05) is 29.7 Å². The average Bonchev–Trinajstić information content (AvgIpc) is 3.06. The normalized spacial score (nSPS) is 29.0. The van der Waals surface area contributed by atoms with Crippen LogP contribution in [0.25, 0.3) is 10.9 Å². The van der Waals surface area contributed by atoms with Gasteiger partial charge in [-0.25, -0.2) is 0 Å². The first-order valence-corrected chi connectivity index (χ1v) is 9.45. The van der Waals surface area contributed by atoms with Gasteiger partial charge in [0.05, 0.1) is 6.10 Å². The van der Waals surface area contributed by atoms with Gasteiger partial charge in [0.1, 0.15) is 24.1 Å². The van der Waals surface area contributed by atoms with E-state index >= 15 is 0 Å². The molecular weight excluding hydrogens is 348 g/mol. The number of aromatic nitrogens is 1.